The van der Waals surface area contributed by atoms with Crippen LogP contribution < -0.4 is 5.32 Å². The highest BCUT2D eigenvalue weighted by atomic mass is 79.9. The predicted octanol–water partition coefficient (Wildman–Crippen LogP) is 3.29. The van der Waals surface area contributed by atoms with Crippen LogP contribution in [0.25, 0.3) is 0 Å². The summed E-state index contributed by atoms with van der Waals surface area (Å²) in [6.45, 7) is 1.85. The molecule has 6 heteroatoms. The number of nitrogens with zero attached hydrogens (tertiary/aromatic N) is 1. The Balaban J connectivity index is 1.93. The molecule has 0 aliphatic rings. The summed E-state index contributed by atoms with van der Waals surface area (Å²) in [5.74, 6) is -0.0428. The Bertz CT molecular complexity index is 513. The molecule has 0 saturated heterocycles. The first kappa shape index (κ1) is 13.2. The van der Waals surface area contributed by atoms with Crippen LogP contribution in [0.15, 0.2) is 46.3 Å². The number of thioether (sulfide) groups is 1. The van der Waals surface area contributed by atoms with E-state index in [1.54, 1.807) is 12.4 Å². The molecule has 0 fully saturated rings. The molecule has 0 radical (unpaired) electrons. The Morgan fingerprint density at radius 3 is 2.78 bits per heavy atom. The number of aromatic nitrogens is 2. The summed E-state index contributed by atoms with van der Waals surface area (Å²) < 4.78 is 0.985. The molecule has 0 saturated carbocycles. The summed E-state index contributed by atoms with van der Waals surface area (Å²) in [6, 6.07) is 7.48. The molecule has 1 aromatic heterocycles. The molecule has 0 aliphatic carbocycles. The number of amides is 1. The van der Waals surface area contributed by atoms with Crippen LogP contribution in [0.3, 0.4) is 0 Å². The van der Waals surface area contributed by atoms with Crippen LogP contribution in [-0.4, -0.2) is 21.1 Å². The number of imidazole rings is 1. The molecule has 4 nitrogen and oxygen atoms in total. The third-order valence-electron chi connectivity index (χ3n) is 2.24. The minimum atomic E-state index is -0.209. The van der Waals surface area contributed by atoms with Crippen LogP contribution in [-0.2, 0) is 4.79 Å². The zero-order valence-corrected chi connectivity index (χ0v) is 12.1. The van der Waals surface area contributed by atoms with Crippen LogP contribution in [0.5, 0.6) is 0 Å². The van der Waals surface area contributed by atoms with E-state index in [0.717, 1.165) is 15.3 Å². The number of nitrogens with one attached hydrogen (secondary N) is 2. The normalized spacial score (nSPS) is 12.1. The van der Waals surface area contributed by atoms with Gasteiger partial charge >= 0.3 is 0 Å². The minimum Gasteiger partial charge on any atom is -0.340 e. The molecular weight excluding hydrogens is 314 g/mol. The van der Waals surface area contributed by atoms with E-state index in [1.165, 1.54) is 11.8 Å². The van der Waals surface area contributed by atoms with Gasteiger partial charge in [-0.25, -0.2) is 4.98 Å². The van der Waals surface area contributed by atoms with E-state index < -0.39 is 0 Å². The fourth-order valence-corrected chi connectivity index (χ4v) is 2.34. The van der Waals surface area contributed by atoms with Crippen LogP contribution in [0.1, 0.15) is 6.92 Å². The fourth-order valence-electron chi connectivity index (χ4n) is 1.31. The Morgan fingerprint density at radius 1 is 1.44 bits per heavy atom. The molecule has 2 N–H and O–H groups in total. The maximum atomic E-state index is 11.9. The molecule has 0 bridgehead atoms. The van der Waals surface area contributed by atoms with E-state index >= 15 is 0 Å². The van der Waals surface area contributed by atoms with Crippen LogP contribution in [0.2, 0.25) is 0 Å². The second-order valence-corrected chi connectivity index (χ2v) is 5.90. The first-order valence-electron chi connectivity index (χ1n) is 5.37. The lowest BCUT2D eigenvalue weighted by Gasteiger charge is -2.10. The smallest absolute Gasteiger partial charge is 0.237 e. The molecule has 1 heterocycles. The molecule has 0 aliphatic heterocycles. The van der Waals surface area contributed by atoms with Crippen LogP contribution in [0, 0.1) is 0 Å². The van der Waals surface area contributed by atoms with Crippen molar-refractivity contribution in [1.29, 1.82) is 0 Å². The number of aromatic amines is 1. The molecule has 0 spiro atoms. The van der Waals surface area contributed by atoms with E-state index in [1.807, 2.05) is 31.2 Å². The van der Waals surface area contributed by atoms with Gasteiger partial charge in [-0.15, -0.1) is 0 Å². The number of hydrogen-bond acceptors (Lipinski definition) is 3. The molecule has 2 rings (SSSR count). The number of benzene rings is 1. The molecule has 1 atom stereocenters. The molecule has 94 valence electrons. The third kappa shape index (κ3) is 3.61. The summed E-state index contributed by atoms with van der Waals surface area (Å²) in [5.41, 5.74) is 0.787. The summed E-state index contributed by atoms with van der Waals surface area (Å²) in [6.07, 6.45) is 3.41. The van der Waals surface area contributed by atoms with E-state index in [-0.39, 0.29) is 11.2 Å². The first-order valence-corrected chi connectivity index (χ1v) is 7.05. The van der Waals surface area contributed by atoms with Gasteiger partial charge in [-0.2, -0.15) is 0 Å². The third-order valence-corrected chi connectivity index (χ3v) is 3.79. The highest BCUT2D eigenvalue weighted by molar-refractivity contribution is 9.10. The van der Waals surface area contributed by atoms with Gasteiger partial charge in [-0.3, -0.25) is 4.79 Å². The molecular formula is C12H12BrN3OS. The Kier molecular flexibility index (Phi) is 4.43. The van der Waals surface area contributed by atoms with Gasteiger partial charge in [0.25, 0.3) is 0 Å². The summed E-state index contributed by atoms with van der Waals surface area (Å²) >= 11 is 4.74. The largest absolute Gasteiger partial charge is 0.340 e. The Morgan fingerprint density at radius 2 is 2.17 bits per heavy atom. The van der Waals surface area contributed by atoms with Crippen molar-refractivity contribution in [3.05, 3.63) is 41.1 Å². The highest BCUT2D eigenvalue weighted by Gasteiger charge is 2.15. The highest BCUT2D eigenvalue weighted by Crippen LogP contribution is 2.21. The molecule has 1 amide bonds. The van der Waals surface area contributed by atoms with Gasteiger partial charge in [-0.05, 0) is 31.2 Å². The van der Waals surface area contributed by atoms with E-state index in [4.69, 9.17) is 0 Å². The van der Waals surface area contributed by atoms with E-state index in [0.29, 0.717) is 0 Å². The minimum absolute atomic E-state index is 0.0428. The van der Waals surface area contributed by atoms with Gasteiger partial charge in [-0.1, -0.05) is 27.7 Å². The number of rotatable bonds is 4. The van der Waals surface area contributed by atoms with Gasteiger partial charge < -0.3 is 10.3 Å². The number of carbonyl (C=O) groups is 1. The topological polar surface area (TPSA) is 57.8 Å². The molecule has 1 unspecified atom stereocenters. The van der Waals surface area contributed by atoms with E-state index in [2.05, 4.69) is 31.2 Å². The summed E-state index contributed by atoms with van der Waals surface area (Å²) in [5, 5.41) is 3.39. The Labute approximate surface area is 118 Å². The number of hydrogen-bond donors (Lipinski definition) is 2. The van der Waals surface area contributed by atoms with Crippen molar-refractivity contribution in [3.8, 4) is 0 Å². The van der Waals surface area contributed by atoms with E-state index in [9.17, 15) is 4.79 Å². The maximum Gasteiger partial charge on any atom is 0.237 e. The second-order valence-electron chi connectivity index (χ2n) is 3.65. The molecule has 2 aromatic rings. The fraction of sp³-hybridized carbons (Fsp3) is 0.167. The Hall–Kier alpha value is -1.27. The number of anilines is 1. The quantitative estimate of drug-likeness (QED) is 0.848. The predicted molar refractivity (Wildman–Crippen MR) is 76.7 cm³/mol. The van der Waals surface area contributed by atoms with Crippen molar-refractivity contribution in [2.24, 2.45) is 0 Å². The van der Waals surface area contributed by atoms with Crippen molar-refractivity contribution in [3.63, 3.8) is 0 Å². The van der Waals surface area contributed by atoms with Gasteiger partial charge in [0.2, 0.25) is 5.91 Å². The van der Waals surface area contributed by atoms with Crippen molar-refractivity contribution >= 4 is 39.3 Å². The summed E-state index contributed by atoms with van der Waals surface area (Å²) in [7, 11) is 0. The van der Waals surface area contributed by atoms with Crippen molar-refractivity contribution in [2.45, 2.75) is 17.3 Å². The van der Waals surface area contributed by atoms with Crippen LogP contribution >= 0.6 is 27.7 Å². The van der Waals surface area contributed by atoms with Crippen molar-refractivity contribution in [1.82, 2.24) is 9.97 Å². The first-order chi connectivity index (χ1) is 8.65. The lowest BCUT2D eigenvalue weighted by molar-refractivity contribution is -0.115. The van der Waals surface area contributed by atoms with Gasteiger partial charge in [0.1, 0.15) is 0 Å². The molecule has 18 heavy (non-hydrogen) atoms. The van der Waals surface area contributed by atoms with Crippen molar-refractivity contribution < 1.29 is 4.79 Å². The molecule has 1 aromatic carbocycles. The lowest BCUT2D eigenvalue weighted by Crippen LogP contribution is -2.22. The average Bonchev–Trinajstić information content (AvgIpc) is 2.85. The number of carbonyl (C=O) groups excluding carboxylic acids is 1. The van der Waals surface area contributed by atoms with Crippen molar-refractivity contribution in [2.75, 3.05) is 5.32 Å². The zero-order chi connectivity index (χ0) is 13.0. The number of H-pyrrole nitrogens is 1. The lowest BCUT2D eigenvalue weighted by atomic mass is 10.3. The SMILES string of the molecule is CC(Sc1ncc[nH]1)C(=O)Nc1ccc(Br)cc1. The zero-order valence-electron chi connectivity index (χ0n) is 9.68. The van der Waals surface area contributed by atoms with Crippen LogP contribution in [0.4, 0.5) is 5.69 Å². The average molecular weight is 326 g/mol. The standard InChI is InChI=1S/C12H12BrN3OS/c1-8(18-12-14-6-7-15-12)11(17)16-10-4-2-9(13)3-5-10/h2-8H,1H3,(H,14,15)(H,16,17). The van der Waals surface area contributed by atoms with Gasteiger partial charge in [0.05, 0.1) is 5.25 Å². The monoisotopic (exact) mass is 325 g/mol. The van der Waals surface area contributed by atoms with Gasteiger partial charge in [0.15, 0.2) is 5.16 Å². The number of halogens is 1. The maximum absolute atomic E-state index is 11.9. The summed E-state index contributed by atoms with van der Waals surface area (Å²) in [4.78, 5) is 19.0. The van der Waals surface area contributed by atoms with Gasteiger partial charge in [0, 0.05) is 22.6 Å². The second kappa shape index (κ2) is 6.06.